The molecule has 0 aromatic carbocycles. The quantitative estimate of drug-likeness (QED) is 0.880. The van der Waals surface area contributed by atoms with Crippen LogP contribution in [0.3, 0.4) is 0 Å². The first-order valence-corrected chi connectivity index (χ1v) is 7.13. The Labute approximate surface area is 109 Å². The summed E-state index contributed by atoms with van der Waals surface area (Å²) in [5.41, 5.74) is 1.35. The molecule has 4 heteroatoms. The first kappa shape index (κ1) is 12.2. The molecule has 0 spiro atoms. The summed E-state index contributed by atoms with van der Waals surface area (Å²) < 4.78 is 2.05. The number of hydrogen-bond acceptors (Lipinski definition) is 3. The standard InChI is InChI=1S/C14H24N4/c1-10(2)18-8-12(4-16-18)7-17-9-13-5-15-6-14(13)11(17)3/h4,8,10-11,13-15H,5-7,9H2,1-3H3. The van der Waals surface area contributed by atoms with E-state index < -0.39 is 0 Å². The topological polar surface area (TPSA) is 33.1 Å². The lowest BCUT2D eigenvalue weighted by molar-refractivity contribution is 0.231. The average Bonchev–Trinajstić information content (AvgIpc) is 2.99. The Kier molecular flexibility index (Phi) is 3.16. The van der Waals surface area contributed by atoms with Crippen molar-refractivity contribution >= 4 is 0 Å². The van der Waals surface area contributed by atoms with Gasteiger partial charge >= 0.3 is 0 Å². The third-order valence-corrected chi connectivity index (χ3v) is 4.63. The minimum Gasteiger partial charge on any atom is -0.316 e. The van der Waals surface area contributed by atoms with Crippen molar-refractivity contribution in [3.05, 3.63) is 18.0 Å². The average molecular weight is 248 g/mol. The van der Waals surface area contributed by atoms with Gasteiger partial charge in [-0.05, 0) is 45.7 Å². The van der Waals surface area contributed by atoms with E-state index in [0.717, 1.165) is 18.4 Å². The lowest BCUT2D eigenvalue weighted by Crippen LogP contribution is -2.32. The molecule has 0 amide bonds. The molecular formula is C14H24N4. The van der Waals surface area contributed by atoms with Crippen molar-refractivity contribution in [3.8, 4) is 0 Å². The van der Waals surface area contributed by atoms with Crippen LogP contribution in [-0.2, 0) is 6.54 Å². The molecule has 4 nitrogen and oxygen atoms in total. The van der Waals surface area contributed by atoms with Crippen molar-refractivity contribution in [2.75, 3.05) is 19.6 Å². The molecule has 3 heterocycles. The van der Waals surface area contributed by atoms with Gasteiger partial charge in [-0.3, -0.25) is 9.58 Å². The van der Waals surface area contributed by atoms with Gasteiger partial charge in [0.2, 0.25) is 0 Å². The summed E-state index contributed by atoms with van der Waals surface area (Å²) in [6.07, 6.45) is 4.23. The van der Waals surface area contributed by atoms with E-state index in [2.05, 4.69) is 47.0 Å². The molecule has 2 fully saturated rings. The van der Waals surface area contributed by atoms with Crippen LogP contribution in [0, 0.1) is 11.8 Å². The molecule has 1 N–H and O–H groups in total. The molecule has 2 saturated heterocycles. The highest BCUT2D eigenvalue weighted by molar-refractivity contribution is 5.07. The number of hydrogen-bond donors (Lipinski definition) is 1. The van der Waals surface area contributed by atoms with E-state index in [4.69, 9.17) is 0 Å². The highest BCUT2D eigenvalue weighted by Crippen LogP contribution is 2.33. The first-order chi connectivity index (χ1) is 8.65. The maximum atomic E-state index is 4.43. The molecular weight excluding hydrogens is 224 g/mol. The van der Waals surface area contributed by atoms with Gasteiger partial charge in [0, 0.05) is 36.9 Å². The van der Waals surface area contributed by atoms with Crippen LogP contribution in [0.5, 0.6) is 0 Å². The second kappa shape index (κ2) is 4.67. The monoisotopic (exact) mass is 248 g/mol. The molecule has 0 aliphatic carbocycles. The number of likely N-dealkylation sites (tertiary alicyclic amines) is 1. The van der Waals surface area contributed by atoms with Crippen LogP contribution in [0.2, 0.25) is 0 Å². The summed E-state index contributed by atoms with van der Waals surface area (Å²) >= 11 is 0. The zero-order valence-corrected chi connectivity index (χ0v) is 11.6. The maximum Gasteiger partial charge on any atom is 0.0534 e. The minimum absolute atomic E-state index is 0.457. The highest BCUT2D eigenvalue weighted by Gasteiger charge is 2.41. The van der Waals surface area contributed by atoms with E-state index in [1.165, 1.54) is 25.2 Å². The molecule has 3 unspecified atom stereocenters. The summed E-state index contributed by atoms with van der Waals surface area (Å²) in [5.74, 6) is 1.71. The van der Waals surface area contributed by atoms with Crippen molar-refractivity contribution < 1.29 is 0 Å². The predicted molar refractivity (Wildman–Crippen MR) is 72.3 cm³/mol. The van der Waals surface area contributed by atoms with Crippen LogP contribution in [-0.4, -0.2) is 40.4 Å². The number of nitrogens with zero attached hydrogens (tertiary/aromatic N) is 3. The maximum absolute atomic E-state index is 4.43. The van der Waals surface area contributed by atoms with Gasteiger partial charge in [-0.25, -0.2) is 0 Å². The van der Waals surface area contributed by atoms with E-state index in [0.29, 0.717) is 12.1 Å². The molecule has 0 bridgehead atoms. The fourth-order valence-corrected chi connectivity index (χ4v) is 3.44. The van der Waals surface area contributed by atoms with Gasteiger partial charge in [0.25, 0.3) is 0 Å². The summed E-state index contributed by atoms with van der Waals surface area (Å²) in [5, 5.41) is 7.95. The molecule has 0 saturated carbocycles. The predicted octanol–water partition coefficient (Wildman–Crippen LogP) is 1.50. The van der Waals surface area contributed by atoms with E-state index in [9.17, 15) is 0 Å². The van der Waals surface area contributed by atoms with Crippen LogP contribution in [0.4, 0.5) is 0 Å². The molecule has 0 radical (unpaired) electrons. The molecule has 2 aliphatic heterocycles. The van der Waals surface area contributed by atoms with Gasteiger partial charge in [-0.2, -0.15) is 5.10 Å². The third-order valence-electron chi connectivity index (χ3n) is 4.63. The van der Waals surface area contributed by atoms with Crippen molar-refractivity contribution in [3.63, 3.8) is 0 Å². The third kappa shape index (κ3) is 2.08. The Morgan fingerprint density at radius 3 is 2.94 bits per heavy atom. The Hall–Kier alpha value is -0.870. The van der Waals surface area contributed by atoms with Crippen molar-refractivity contribution in [1.29, 1.82) is 0 Å². The summed E-state index contributed by atoms with van der Waals surface area (Å²) in [4.78, 5) is 2.62. The van der Waals surface area contributed by atoms with Crippen LogP contribution >= 0.6 is 0 Å². The van der Waals surface area contributed by atoms with Gasteiger partial charge < -0.3 is 5.32 Å². The lowest BCUT2D eigenvalue weighted by atomic mass is 9.95. The molecule has 1 aromatic heterocycles. The Morgan fingerprint density at radius 1 is 1.44 bits per heavy atom. The van der Waals surface area contributed by atoms with E-state index in [1.54, 1.807) is 0 Å². The largest absolute Gasteiger partial charge is 0.316 e. The van der Waals surface area contributed by atoms with Crippen molar-refractivity contribution in [2.45, 2.75) is 39.4 Å². The zero-order valence-electron chi connectivity index (χ0n) is 11.6. The smallest absolute Gasteiger partial charge is 0.0534 e. The van der Waals surface area contributed by atoms with Gasteiger partial charge in [0.1, 0.15) is 0 Å². The summed E-state index contributed by atoms with van der Waals surface area (Å²) in [6, 6.07) is 1.16. The second-order valence-electron chi connectivity index (χ2n) is 6.17. The number of rotatable bonds is 3. The normalized spacial score (nSPS) is 32.3. The van der Waals surface area contributed by atoms with E-state index in [1.807, 2.05) is 6.20 Å². The number of nitrogens with one attached hydrogen (secondary N) is 1. The highest BCUT2D eigenvalue weighted by atomic mass is 15.3. The summed E-state index contributed by atoms with van der Waals surface area (Å²) in [7, 11) is 0. The molecule has 2 aliphatic rings. The van der Waals surface area contributed by atoms with Crippen LogP contribution < -0.4 is 5.32 Å². The Morgan fingerprint density at radius 2 is 2.28 bits per heavy atom. The molecule has 1 aromatic rings. The first-order valence-electron chi connectivity index (χ1n) is 7.13. The van der Waals surface area contributed by atoms with E-state index >= 15 is 0 Å². The van der Waals surface area contributed by atoms with Crippen LogP contribution in [0.15, 0.2) is 12.4 Å². The SMILES string of the molecule is CC1C2CNCC2CN1Cc1cnn(C(C)C)c1. The van der Waals surface area contributed by atoms with Gasteiger partial charge in [0.15, 0.2) is 0 Å². The van der Waals surface area contributed by atoms with Gasteiger partial charge in [-0.1, -0.05) is 0 Å². The summed E-state index contributed by atoms with van der Waals surface area (Å²) in [6.45, 7) is 11.4. The number of aromatic nitrogens is 2. The Bertz CT molecular complexity index is 412. The van der Waals surface area contributed by atoms with Crippen LogP contribution in [0.1, 0.15) is 32.4 Å². The fourth-order valence-electron chi connectivity index (χ4n) is 3.44. The fraction of sp³-hybridized carbons (Fsp3) is 0.786. The van der Waals surface area contributed by atoms with Gasteiger partial charge in [0.05, 0.1) is 6.20 Å². The second-order valence-corrected chi connectivity index (χ2v) is 6.17. The van der Waals surface area contributed by atoms with Crippen molar-refractivity contribution in [1.82, 2.24) is 20.0 Å². The molecule has 3 atom stereocenters. The Balaban J connectivity index is 1.66. The van der Waals surface area contributed by atoms with Crippen LogP contribution in [0.25, 0.3) is 0 Å². The van der Waals surface area contributed by atoms with Crippen molar-refractivity contribution in [2.24, 2.45) is 11.8 Å². The van der Waals surface area contributed by atoms with E-state index in [-0.39, 0.29) is 0 Å². The molecule has 100 valence electrons. The lowest BCUT2D eigenvalue weighted by Gasteiger charge is -2.23. The molecule has 3 rings (SSSR count). The minimum atomic E-state index is 0.457. The molecule has 18 heavy (non-hydrogen) atoms. The number of fused-ring (bicyclic) bond motifs is 1. The zero-order chi connectivity index (χ0) is 12.7. The van der Waals surface area contributed by atoms with Gasteiger partial charge in [-0.15, -0.1) is 0 Å².